The Morgan fingerprint density at radius 1 is 0.632 bits per heavy atom. The summed E-state index contributed by atoms with van der Waals surface area (Å²) in [5.41, 5.74) is 0. The van der Waals surface area contributed by atoms with E-state index in [2.05, 4.69) is 49.5 Å². The molecule has 0 heterocycles. The maximum absolute atomic E-state index is 12.7. The Morgan fingerprint density at radius 2 is 1.11 bits per heavy atom. The number of quaternary nitrogens is 1. The number of rotatable bonds is 40. The number of carbonyl (C=O) groups excluding carboxylic acids is 2. The van der Waals surface area contributed by atoms with Gasteiger partial charge >= 0.3 is 11.9 Å². The molecule has 332 valence electrons. The Kier molecular flexibility index (Phi) is 36.8. The van der Waals surface area contributed by atoms with E-state index in [4.69, 9.17) is 18.5 Å². The molecule has 0 saturated heterocycles. The largest absolute Gasteiger partial charge is 0.756 e. The number of carbonyl (C=O) groups is 2. The highest BCUT2D eigenvalue weighted by Gasteiger charge is 2.21. The van der Waals surface area contributed by atoms with Crippen LogP contribution in [0.5, 0.6) is 0 Å². The van der Waals surface area contributed by atoms with Gasteiger partial charge in [-0.3, -0.25) is 14.2 Å². The molecule has 0 aromatic rings. The number of allylic oxidation sites excluding steroid dienone is 8. The molecule has 1 N–H and O–H groups in total. The average molecular weight is 826 g/mol. The molecule has 0 bridgehead atoms. The lowest BCUT2D eigenvalue weighted by Gasteiger charge is -2.28. The van der Waals surface area contributed by atoms with Crippen LogP contribution in [0, 0.1) is 0 Å². The van der Waals surface area contributed by atoms with Crippen molar-refractivity contribution in [2.75, 3.05) is 47.5 Å². The molecule has 0 aromatic heterocycles. The van der Waals surface area contributed by atoms with Gasteiger partial charge in [-0.15, -0.1) is 0 Å². The van der Waals surface area contributed by atoms with Crippen LogP contribution < -0.4 is 4.89 Å². The fourth-order valence-electron chi connectivity index (χ4n) is 5.80. The molecule has 0 rings (SSSR count). The third-order valence-electron chi connectivity index (χ3n) is 9.52. The summed E-state index contributed by atoms with van der Waals surface area (Å²) in [4.78, 5) is 37.5. The molecular formula is C46H84NO9P. The van der Waals surface area contributed by atoms with Gasteiger partial charge in [-0.1, -0.05) is 152 Å². The van der Waals surface area contributed by atoms with Gasteiger partial charge in [0.2, 0.25) is 0 Å². The first-order chi connectivity index (χ1) is 27.4. The van der Waals surface area contributed by atoms with Crippen LogP contribution in [0.1, 0.15) is 174 Å². The van der Waals surface area contributed by atoms with Crippen LogP contribution in [0.15, 0.2) is 48.6 Å². The van der Waals surface area contributed by atoms with E-state index in [1.807, 2.05) is 34.1 Å². The second kappa shape index (κ2) is 38.2. The number of phosphoric acid groups is 1. The van der Waals surface area contributed by atoms with Gasteiger partial charge in [0.05, 0.1) is 33.9 Å². The van der Waals surface area contributed by atoms with Crippen molar-refractivity contribution in [2.45, 2.75) is 187 Å². The second-order valence-corrected chi connectivity index (χ2v) is 17.6. The van der Waals surface area contributed by atoms with Crippen molar-refractivity contribution in [2.24, 2.45) is 0 Å². The molecule has 1 unspecified atom stereocenters. The molecule has 57 heavy (non-hydrogen) atoms. The lowest BCUT2D eigenvalue weighted by molar-refractivity contribution is -0.870. The van der Waals surface area contributed by atoms with Crippen molar-refractivity contribution < 1.29 is 47.2 Å². The Morgan fingerprint density at radius 3 is 1.61 bits per heavy atom. The van der Waals surface area contributed by atoms with Crippen LogP contribution in [-0.2, 0) is 32.7 Å². The predicted octanol–water partition coefficient (Wildman–Crippen LogP) is 11.0. The van der Waals surface area contributed by atoms with Crippen LogP contribution in [0.4, 0.5) is 0 Å². The number of hydrogen-bond donors (Lipinski definition) is 1. The zero-order valence-electron chi connectivity index (χ0n) is 36.9. The summed E-state index contributed by atoms with van der Waals surface area (Å²) in [7, 11) is 1.11. The van der Waals surface area contributed by atoms with Crippen molar-refractivity contribution in [3.63, 3.8) is 0 Å². The molecule has 10 nitrogen and oxygen atoms in total. The number of nitrogens with zero attached hydrogens (tertiary/aromatic N) is 1. The van der Waals surface area contributed by atoms with Crippen LogP contribution in [0.25, 0.3) is 0 Å². The molecule has 0 aliphatic heterocycles. The highest BCUT2D eigenvalue weighted by molar-refractivity contribution is 7.45. The zero-order valence-corrected chi connectivity index (χ0v) is 37.8. The first-order valence-corrected chi connectivity index (χ1v) is 23.9. The van der Waals surface area contributed by atoms with Crippen LogP contribution in [0.3, 0.4) is 0 Å². The molecule has 11 heteroatoms. The summed E-state index contributed by atoms with van der Waals surface area (Å²) in [6.07, 6.45) is 40.9. The third kappa shape index (κ3) is 41.9. The summed E-state index contributed by atoms with van der Waals surface area (Å²) in [5, 5.41) is 9.57. The van der Waals surface area contributed by atoms with E-state index in [9.17, 15) is 24.2 Å². The van der Waals surface area contributed by atoms with Gasteiger partial charge in [-0.2, -0.15) is 0 Å². The third-order valence-corrected chi connectivity index (χ3v) is 10.5. The molecule has 0 radical (unpaired) electrons. The zero-order chi connectivity index (χ0) is 42.3. The van der Waals surface area contributed by atoms with E-state index >= 15 is 0 Å². The molecule has 0 amide bonds. The van der Waals surface area contributed by atoms with E-state index in [1.54, 1.807) is 0 Å². The van der Waals surface area contributed by atoms with E-state index in [0.717, 1.165) is 57.8 Å². The number of aliphatic hydroxyl groups is 1. The van der Waals surface area contributed by atoms with Crippen molar-refractivity contribution in [1.82, 2.24) is 0 Å². The van der Waals surface area contributed by atoms with E-state index in [-0.39, 0.29) is 32.2 Å². The molecule has 0 aliphatic rings. The molecular weight excluding hydrogens is 741 g/mol. The maximum Gasteiger partial charge on any atom is 0.306 e. The summed E-state index contributed by atoms with van der Waals surface area (Å²) < 4.78 is 33.8. The minimum atomic E-state index is -4.65. The number of hydrogen-bond acceptors (Lipinski definition) is 9. The number of esters is 2. The SMILES string of the molecule is CCCCCCCCCCCCCCCCCC(=O)OC[C@H](COP(=O)([O-])OCC[N+](C)(C)C)OC(=O)CCC/C=C\C/C=C\C/C=C\C/C=C\CC[C@H](O)CC. The van der Waals surface area contributed by atoms with Gasteiger partial charge in [0.15, 0.2) is 6.10 Å². The van der Waals surface area contributed by atoms with Gasteiger partial charge in [0.25, 0.3) is 7.82 Å². The van der Waals surface area contributed by atoms with Gasteiger partial charge < -0.3 is 33.0 Å². The average Bonchev–Trinajstić information content (AvgIpc) is 3.16. The molecule has 0 aliphatic carbocycles. The van der Waals surface area contributed by atoms with Crippen molar-refractivity contribution in [3.05, 3.63) is 48.6 Å². The lowest BCUT2D eigenvalue weighted by atomic mass is 10.0. The Balaban J connectivity index is 4.45. The predicted molar refractivity (Wildman–Crippen MR) is 233 cm³/mol. The van der Waals surface area contributed by atoms with E-state index in [0.29, 0.717) is 23.9 Å². The first kappa shape index (κ1) is 54.9. The highest BCUT2D eigenvalue weighted by Crippen LogP contribution is 2.38. The number of ether oxygens (including phenoxy) is 2. The Hall–Kier alpha value is -2.07. The summed E-state index contributed by atoms with van der Waals surface area (Å²) in [6, 6.07) is 0. The van der Waals surface area contributed by atoms with Crippen LogP contribution >= 0.6 is 7.82 Å². The molecule has 0 spiro atoms. The van der Waals surface area contributed by atoms with Gasteiger partial charge in [-0.05, 0) is 57.8 Å². The smallest absolute Gasteiger partial charge is 0.306 e. The summed E-state index contributed by atoms with van der Waals surface area (Å²) >= 11 is 0. The first-order valence-electron chi connectivity index (χ1n) is 22.4. The lowest BCUT2D eigenvalue weighted by Crippen LogP contribution is -2.37. The van der Waals surface area contributed by atoms with Crippen LogP contribution in [0.2, 0.25) is 0 Å². The number of unbranched alkanes of at least 4 members (excludes halogenated alkanes) is 15. The van der Waals surface area contributed by atoms with Crippen molar-refractivity contribution in [3.8, 4) is 0 Å². The summed E-state index contributed by atoms with van der Waals surface area (Å²) in [5.74, 6) is -0.916. The van der Waals surface area contributed by atoms with Gasteiger partial charge in [0.1, 0.15) is 19.8 Å². The fraction of sp³-hybridized carbons (Fsp3) is 0.783. The van der Waals surface area contributed by atoms with Crippen LogP contribution in [-0.4, -0.2) is 81.2 Å². The van der Waals surface area contributed by atoms with Crippen molar-refractivity contribution >= 4 is 19.8 Å². The molecule has 0 saturated carbocycles. The monoisotopic (exact) mass is 826 g/mol. The van der Waals surface area contributed by atoms with E-state index in [1.165, 1.54) is 77.0 Å². The topological polar surface area (TPSA) is 131 Å². The number of phosphoric ester groups is 1. The molecule has 0 fully saturated rings. The number of aliphatic hydroxyl groups excluding tert-OH is 1. The van der Waals surface area contributed by atoms with Gasteiger partial charge in [0, 0.05) is 12.8 Å². The second-order valence-electron chi connectivity index (χ2n) is 16.2. The quantitative estimate of drug-likeness (QED) is 0.0211. The maximum atomic E-state index is 12.7. The van der Waals surface area contributed by atoms with E-state index < -0.39 is 32.5 Å². The fourth-order valence-corrected chi connectivity index (χ4v) is 6.53. The molecule has 3 atom stereocenters. The normalized spacial score (nSPS) is 14.6. The standard InChI is InChI=1S/C46H84NO9P/c1-6-8-9-10-11-12-13-14-15-19-22-25-28-31-34-37-45(49)53-41-44(42-55-57(51,52)54-40-39-47(3,4)5)56-46(50)38-35-32-29-26-23-20-17-16-18-21-24-27-30-33-36-43(48)7-2/h17-18,20-21,26-27,29-30,43-44,48H,6-16,19,22-25,28,31-42H2,1-5H3/b20-17-,21-18-,29-26-,30-27-/t43-,44-/m1/s1. The highest BCUT2D eigenvalue weighted by atomic mass is 31.2. The van der Waals surface area contributed by atoms with Crippen molar-refractivity contribution in [1.29, 1.82) is 0 Å². The minimum absolute atomic E-state index is 0.0476. The minimum Gasteiger partial charge on any atom is -0.756 e. The summed E-state index contributed by atoms with van der Waals surface area (Å²) in [6.45, 7) is 3.87. The Labute approximate surface area is 348 Å². The molecule has 0 aromatic carbocycles. The Bertz CT molecular complexity index is 1130. The number of likely N-dealkylation sites (N-methyl/N-ethyl adjacent to an activating group) is 1. The van der Waals surface area contributed by atoms with Gasteiger partial charge in [-0.25, -0.2) is 0 Å².